The van der Waals surface area contributed by atoms with Crippen molar-refractivity contribution in [1.82, 2.24) is 14.5 Å². The molecular formula is C17H24N4O5S. The van der Waals surface area contributed by atoms with Crippen LogP contribution in [0, 0.1) is 10.1 Å². The molecule has 0 aromatic heterocycles. The maximum absolute atomic E-state index is 13.1. The number of hydrogen-bond donors (Lipinski definition) is 1. The van der Waals surface area contributed by atoms with Gasteiger partial charge in [0.1, 0.15) is 6.04 Å². The van der Waals surface area contributed by atoms with Crippen molar-refractivity contribution < 1.29 is 18.1 Å². The molecule has 2 unspecified atom stereocenters. The van der Waals surface area contributed by atoms with Gasteiger partial charge in [-0.1, -0.05) is 6.42 Å². The van der Waals surface area contributed by atoms with Crippen LogP contribution < -0.4 is 5.32 Å². The topological polar surface area (TPSA) is 113 Å². The van der Waals surface area contributed by atoms with Crippen LogP contribution >= 0.6 is 0 Å². The highest BCUT2D eigenvalue weighted by molar-refractivity contribution is 7.89. The van der Waals surface area contributed by atoms with Crippen molar-refractivity contribution in [2.45, 2.75) is 42.7 Å². The van der Waals surface area contributed by atoms with Crippen LogP contribution in [0.4, 0.5) is 5.69 Å². The molecule has 2 saturated heterocycles. The monoisotopic (exact) mass is 396 g/mol. The van der Waals surface area contributed by atoms with Crippen LogP contribution in [0.3, 0.4) is 0 Å². The maximum atomic E-state index is 13.1. The van der Waals surface area contributed by atoms with Gasteiger partial charge in [-0.25, -0.2) is 8.42 Å². The SMILES string of the molecule is CN(C(=O)C1CCCCN1S(=O)(=O)c1ccc([N+](=O)[O-])cc1)C1CCNC1. The molecule has 2 fully saturated rings. The molecule has 0 saturated carbocycles. The van der Waals surface area contributed by atoms with Crippen molar-refractivity contribution in [2.75, 3.05) is 26.7 Å². The third-order valence-corrected chi connectivity index (χ3v) is 7.24. The lowest BCUT2D eigenvalue weighted by Gasteiger charge is -2.37. The number of benzene rings is 1. The van der Waals surface area contributed by atoms with Gasteiger partial charge in [0.25, 0.3) is 5.69 Å². The second-order valence-electron chi connectivity index (χ2n) is 6.97. The van der Waals surface area contributed by atoms with Crippen LogP contribution in [0.25, 0.3) is 0 Å². The van der Waals surface area contributed by atoms with Crippen LogP contribution in [0.2, 0.25) is 0 Å². The Morgan fingerprint density at radius 3 is 2.56 bits per heavy atom. The van der Waals surface area contributed by atoms with Gasteiger partial charge >= 0.3 is 0 Å². The minimum Gasteiger partial charge on any atom is -0.340 e. The third kappa shape index (κ3) is 3.97. The number of likely N-dealkylation sites (N-methyl/N-ethyl adjacent to an activating group) is 1. The molecule has 3 rings (SSSR count). The lowest BCUT2D eigenvalue weighted by molar-refractivity contribution is -0.384. The lowest BCUT2D eigenvalue weighted by Crippen LogP contribution is -2.54. The summed E-state index contributed by atoms with van der Waals surface area (Å²) in [5.74, 6) is -0.186. The number of nitro benzene ring substituents is 1. The average molecular weight is 396 g/mol. The number of rotatable bonds is 5. The predicted octanol–water partition coefficient (Wildman–Crippen LogP) is 0.958. The van der Waals surface area contributed by atoms with Gasteiger partial charge in [0.05, 0.1) is 9.82 Å². The molecule has 0 aliphatic carbocycles. The van der Waals surface area contributed by atoms with Crippen LogP contribution in [0.15, 0.2) is 29.2 Å². The number of amides is 1. The van der Waals surface area contributed by atoms with Crippen LogP contribution in [0.5, 0.6) is 0 Å². The number of non-ortho nitro benzene ring substituents is 1. The highest BCUT2D eigenvalue weighted by Gasteiger charge is 2.40. The van der Waals surface area contributed by atoms with Gasteiger partial charge in [-0.15, -0.1) is 0 Å². The second kappa shape index (κ2) is 7.91. The van der Waals surface area contributed by atoms with Crippen LogP contribution in [-0.2, 0) is 14.8 Å². The standard InChI is InChI=1S/C17H24N4O5S/c1-19(14-9-10-18-12-14)17(22)16-4-2-3-11-20(16)27(25,26)15-7-5-13(6-8-15)21(23)24/h5-8,14,16,18H,2-4,9-12H2,1H3. The fraction of sp³-hybridized carbons (Fsp3) is 0.588. The molecule has 2 heterocycles. The fourth-order valence-corrected chi connectivity index (χ4v) is 5.35. The first-order valence-electron chi connectivity index (χ1n) is 9.06. The molecule has 1 amide bonds. The van der Waals surface area contributed by atoms with E-state index in [0.717, 1.165) is 19.4 Å². The Morgan fingerprint density at radius 2 is 1.96 bits per heavy atom. The smallest absolute Gasteiger partial charge is 0.269 e. The molecule has 1 aromatic rings. The average Bonchev–Trinajstić information content (AvgIpc) is 3.21. The van der Waals surface area contributed by atoms with Gasteiger partial charge in [-0.3, -0.25) is 14.9 Å². The minimum atomic E-state index is -3.91. The number of nitrogens with one attached hydrogen (secondary N) is 1. The van der Waals surface area contributed by atoms with E-state index in [2.05, 4.69) is 5.32 Å². The molecule has 2 aliphatic heterocycles. The van der Waals surface area contributed by atoms with Gasteiger partial charge in [-0.05, 0) is 37.9 Å². The Morgan fingerprint density at radius 1 is 1.26 bits per heavy atom. The summed E-state index contributed by atoms with van der Waals surface area (Å²) in [5.41, 5.74) is -0.173. The van der Waals surface area contributed by atoms with Crippen LogP contribution in [0.1, 0.15) is 25.7 Å². The predicted molar refractivity (Wildman–Crippen MR) is 98.7 cm³/mol. The highest BCUT2D eigenvalue weighted by atomic mass is 32.2. The molecule has 27 heavy (non-hydrogen) atoms. The highest BCUT2D eigenvalue weighted by Crippen LogP contribution is 2.28. The molecule has 0 spiro atoms. The Balaban J connectivity index is 1.85. The van der Waals surface area contributed by atoms with Crippen molar-refractivity contribution >= 4 is 21.6 Å². The van der Waals surface area contributed by atoms with Gasteiger partial charge in [-0.2, -0.15) is 4.31 Å². The van der Waals surface area contributed by atoms with Gasteiger partial charge in [0.2, 0.25) is 15.9 Å². The molecule has 9 nitrogen and oxygen atoms in total. The summed E-state index contributed by atoms with van der Waals surface area (Å²) in [6.45, 7) is 1.83. The second-order valence-corrected chi connectivity index (χ2v) is 8.86. The Hall–Kier alpha value is -2.04. The normalized spacial score (nSPS) is 23.9. The zero-order valence-corrected chi connectivity index (χ0v) is 16.0. The largest absolute Gasteiger partial charge is 0.340 e. The van der Waals surface area contributed by atoms with Gasteiger partial charge in [0.15, 0.2) is 0 Å². The van der Waals surface area contributed by atoms with E-state index in [0.29, 0.717) is 19.4 Å². The van der Waals surface area contributed by atoms with E-state index < -0.39 is 21.0 Å². The Kier molecular flexibility index (Phi) is 5.78. The third-order valence-electron chi connectivity index (χ3n) is 5.32. The van der Waals surface area contributed by atoms with E-state index in [1.54, 1.807) is 11.9 Å². The quantitative estimate of drug-likeness (QED) is 0.586. The summed E-state index contributed by atoms with van der Waals surface area (Å²) in [6, 6.07) is 4.14. The minimum absolute atomic E-state index is 0.0296. The van der Waals surface area contributed by atoms with E-state index in [4.69, 9.17) is 0 Å². The summed E-state index contributed by atoms with van der Waals surface area (Å²) < 4.78 is 27.5. The van der Waals surface area contributed by atoms with E-state index in [1.807, 2.05) is 0 Å². The van der Waals surface area contributed by atoms with Crippen molar-refractivity contribution in [3.8, 4) is 0 Å². The first-order chi connectivity index (χ1) is 12.8. The number of carbonyl (C=O) groups is 1. The summed E-state index contributed by atoms with van der Waals surface area (Å²) >= 11 is 0. The summed E-state index contributed by atoms with van der Waals surface area (Å²) in [5, 5.41) is 14.0. The number of hydrogen-bond acceptors (Lipinski definition) is 6. The van der Waals surface area contributed by atoms with E-state index >= 15 is 0 Å². The molecule has 2 atom stereocenters. The number of nitro groups is 1. The van der Waals surface area contributed by atoms with Gasteiger partial charge in [0, 0.05) is 38.3 Å². The zero-order valence-electron chi connectivity index (χ0n) is 15.2. The summed E-state index contributed by atoms with van der Waals surface area (Å²) in [4.78, 5) is 24.9. The Labute approximate surface area is 158 Å². The molecule has 0 radical (unpaired) electrons. The Bertz CT molecular complexity index is 805. The molecule has 10 heteroatoms. The van der Waals surface area contributed by atoms with Crippen molar-refractivity contribution in [1.29, 1.82) is 0 Å². The van der Waals surface area contributed by atoms with E-state index in [9.17, 15) is 23.3 Å². The van der Waals surface area contributed by atoms with E-state index in [-0.39, 0.29) is 29.1 Å². The molecule has 148 valence electrons. The molecular weight excluding hydrogens is 372 g/mol. The number of nitrogens with zero attached hydrogens (tertiary/aromatic N) is 3. The molecule has 1 N–H and O–H groups in total. The van der Waals surface area contributed by atoms with Crippen molar-refractivity contribution in [3.63, 3.8) is 0 Å². The fourth-order valence-electron chi connectivity index (χ4n) is 3.70. The molecule has 2 aliphatic rings. The number of sulfonamides is 1. The zero-order chi connectivity index (χ0) is 19.6. The molecule has 1 aromatic carbocycles. The van der Waals surface area contributed by atoms with Gasteiger partial charge < -0.3 is 10.2 Å². The lowest BCUT2D eigenvalue weighted by atomic mass is 10.0. The first-order valence-corrected chi connectivity index (χ1v) is 10.5. The van der Waals surface area contributed by atoms with Crippen LogP contribution in [-0.4, -0.2) is 67.2 Å². The first kappa shape index (κ1) is 19.7. The van der Waals surface area contributed by atoms with Crippen molar-refractivity contribution in [3.05, 3.63) is 34.4 Å². The number of piperidine rings is 1. The summed E-state index contributed by atoms with van der Waals surface area (Å²) in [6.07, 6.45) is 2.81. The number of carbonyl (C=O) groups excluding carboxylic acids is 1. The van der Waals surface area contributed by atoms with Crippen molar-refractivity contribution in [2.24, 2.45) is 0 Å². The maximum Gasteiger partial charge on any atom is 0.269 e. The molecule has 0 bridgehead atoms. The summed E-state index contributed by atoms with van der Waals surface area (Å²) in [7, 11) is -2.18. The van der Waals surface area contributed by atoms with E-state index in [1.165, 1.54) is 28.6 Å².